The van der Waals surface area contributed by atoms with Crippen LogP contribution in [0.25, 0.3) is 27.9 Å². The van der Waals surface area contributed by atoms with Gasteiger partial charge in [-0.15, -0.1) is 0 Å². The second-order valence-corrected chi connectivity index (χ2v) is 7.90. The summed E-state index contributed by atoms with van der Waals surface area (Å²) in [6.07, 6.45) is 7.58. The molecule has 168 valence electrons. The van der Waals surface area contributed by atoms with Gasteiger partial charge in [-0.3, -0.25) is 24.1 Å². The van der Waals surface area contributed by atoms with E-state index in [9.17, 15) is 14.4 Å². The first-order valence-electron chi connectivity index (χ1n) is 10.2. The maximum absolute atomic E-state index is 13.5. The minimum Gasteiger partial charge on any atom is -0.385 e. The number of nitrogens with one attached hydrogen (secondary N) is 2. The Morgan fingerprint density at radius 3 is 2.67 bits per heavy atom. The van der Waals surface area contributed by atoms with Gasteiger partial charge in [-0.25, -0.2) is 4.79 Å². The number of hydrogen-bond donors (Lipinski definition) is 2. The Morgan fingerprint density at radius 1 is 1.09 bits per heavy atom. The molecular formula is C24H21ClN4O4. The third-order valence-electron chi connectivity index (χ3n) is 5.15. The van der Waals surface area contributed by atoms with Crippen LogP contribution in [0.5, 0.6) is 0 Å². The second kappa shape index (κ2) is 9.81. The van der Waals surface area contributed by atoms with Gasteiger partial charge in [0.25, 0.3) is 11.1 Å². The Bertz CT molecular complexity index is 1460. The summed E-state index contributed by atoms with van der Waals surface area (Å²) in [4.78, 5) is 46.3. The van der Waals surface area contributed by atoms with E-state index < -0.39 is 11.2 Å². The van der Waals surface area contributed by atoms with Gasteiger partial charge in [0.15, 0.2) is 0 Å². The largest absolute Gasteiger partial charge is 0.385 e. The van der Waals surface area contributed by atoms with Crippen LogP contribution in [0.4, 0.5) is 0 Å². The number of aryl methyl sites for hydroxylation is 1. The fourth-order valence-electron chi connectivity index (χ4n) is 3.62. The van der Waals surface area contributed by atoms with Crippen molar-refractivity contribution in [2.24, 2.45) is 0 Å². The van der Waals surface area contributed by atoms with Crippen LogP contribution in [-0.2, 0) is 11.2 Å². The predicted molar refractivity (Wildman–Crippen MR) is 127 cm³/mol. The van der Waals surface area contributed by atoms with Gasteiger partial charge in [0, 0.05) is 48.5 Å². The number of nitrogens with zero attached hydrogens (tertiary/aromatic N) is 2. The van der Waals surface area contributed by atoms with Gasteiger partial charge in [0.05, 0.1) is 17.4 Å². The summed E-state index contributed by atoms with van der Waals surface area (Å²) in [5.74, 6) is 0. The topological polar surface area (TPSA) is 110 Å². The Kier molecular flexibility index (Phi) is 6.67. The molecule has 4 aromatic rings. The first-order valence-corrected chi connectivity index (χ1v) is 10.6. The van der Waals surface area contributed by atoms with Gasteiger partial charge >= 0.3 is 5.69 Å². The Balaban J connectivity index is 1.94. The first kappa shape index (κ1) is 22.4. The molecule has 0 spiro atoms. The van der Waals surface area contributed by atoms with Crippen LogP contribution >= 0.6 is 11.6 Å². The van der Waals surface area contributed by atoms with Gasteiger partial charge in [-0.2, -0.15) is 0 Å². The van der Waals surface area contributed by atoms with Crippen LogP contribution in [-0.4, -0.2) is 33.2 Å². The number of benzene rings is 1. The van der Waals surface area contributed by atoms with Crippen LogP contribution < -0.4 is 16.8 Å². The molecule has 0 amide bonds. The smallest absolute Gasteiger partial charge is 0.325 e. The zero-order valence-electron chi connectivity index (χ0n) is 17.8. The van der Waals surface area contributed by atoms with Crippen LogP contribution in [0.3, 0.4) is 0 Å². The van der Waals surface area contributed by atoms with Gasteiger partial charge in [-0.05, 0) is 54.3 Å². The van der Waals surface area contributed by atoms with E-state index in [1.165, 1.54) is 10.8 Å². The summed E-state index contributed by atoms with van der Waals surface area (Å²) >= 11 is 6.38. The lowest BCUT2D eigenvalue weighted by atomic mass is 9.99. The molecule has 0 fully saturated rings. The third-order valence-corrected chi connectivity index (χ3v) is 5.37. The molecule has 3 aromatic heterocycles. The number of halogens is 1. The molecule has 33 heavy (non-hydrogen) atoms. The van der Waals surface area contributed by atoms with Crippen molar-refractivity contribution in [1.82, 2.24) is 19.5 Å². The summed E-state index contributed by atoms with van der Waals surface area (Å²) in [6.45, 7) is 0.611. The maximum Gasteiger partial charge on any atom is 0.325 e. The number of rotatable bonds is 7. The fraction of sp³-hybridized carbons (Fsp3) is 0.167. The average molecular weight is 465 g/mol. The molecule has 2 N–H and O–H groups in total. The highest BCUT2D eigenvalue weighted by molar-refractivity contribution is 6.31. The molecule has 0 atom stereocenters. The van der Waals surface area contributed by atoms with Crippen molar-refractivity contribution in [1.29, 1.82) is 0 Å². The number of pyridine rings is 2. The van der Waals surface area contributed by atoms with E-state index in [1.54, 1.807) is 50.0 Å². The van der Waals surface area contributed by atoms with Crippen molar-refractivity contribution < 1.29 is 4.74 Å². The van der Waals surface area contributed by atoms with Crippen molar-refractivity contribution in [3.8, 4) is 27.9 Å². The number of aromatic amines is 2. The van der Waals surface area contributed by atoms with Crippen LogP contribution in [0, 0.1) is 0 Å². The lowest BCUT2D eigenvalue weighted by Crippen LogP contribution is -2.24. The second-order valence-electron chi connectivity index (χ2n) is 7.46. The minimum absolute atomic E-state index is 0.218. The Labute approximate surface area is 193 Å². The van der Waals surface area contributed by atoms with Gasteiger partial charge in [-0.1, -0.05) is 17.7 Å². The van der Waals surface area contributed by atoms with Gasteiger partial charge < -0.3 is 9.72 Å². The molecule has 0 aliphatic heterocycles. The van der Waals surface area contributed by atoms with Crippen LogP contribution in [0.2, 0.25) is 5.02 Å². The van der Waals surface area contributed by atoms with E-state index in [1.807, 2.05) is 12.1 Å². The van der Waals surface area contributed by atoms with E-state index in [4.69, 9.17) is 16.3 Å². The SMILES string of the molecule is COCCCc1cc(Cl)cc(-c2cc(-c3c[nH]c(=O)[nH]c3=O)cn(-c3cccnc3)c2=O)c1. The highest BCUT2D eigenvalue weighted by Gasteiger charge is 2.15. The summed E-state index contributed by atoms with van der Waals surface area (Å²) in [5, 5.41) is 0.500. The molecule has 3 heterocycles. The lowest BCUT2D eigenvalue weighted by Gasteiger charge is -2.13. The van der Waals surface area contributed by atoms with E-state index in [0.29, 0.717) is 34.0 Å². The Morgan fingerprint density at radius 2 is 1.94 bits per heavy atom. The molecule has 0 saturated heterocycles. The summed E-state index contributed by atoms with van der Waals surface area (Å²) < 4.78 is 6.55. The summed E-state index contributed by atoms with van der Waals surface area (Å²) in [7, 11) is 1.65. The van der Waals surface area contributed by atoms with Gasteiger partial charge in [0.2, 0.25) is 0 Å². The van der Waals surface area contributed by atoms with Crippen molar-refractivity contribution in [3.05, 3.63) is 103 Å². The molecule has 0 aliphatic carbocycles. The monoisotopic (exact) mass is 464 g/mol. The van der Waals surface area contributed by atoms with Crippen LogP contribution in [0.1, 0.15) is 12.0 Å². The number of ether oxygens (including phenoxy) is 1. The molecule has 1 aromatic carbocycles. The zero-order chi connectivity index (χ0) is 23.4. The molecule has 9 heteroatoms. The lowest BCUT2D eigenvalue weighted by molar-refractivity contribution is 0.195. The minimum atomic E-state index is -0.611. The van der Waals surface area contributed by atoms with Crippen molar-refractivity contribution in [2.45, 2.75) is 12.8 Å². The van der Waals surface area contributed by atoms with Gasteiger partial charge in [0.1, 0.15) is 0 Å². The number of methoxy groups -OCH3 is 1. The number of aromatic nitrogens is 4. The standard InChI is InChI=1S/C24H21ClN4O4/c1-33-7-3-4-15-8-16(10-18(25)9-15)20-11-17(21-13-27-24(32)28-22(21)30)14-29(23(20)31)19-5-2-6-26-12-19/h2,5-6,8-14H,3-4,7H2,1H3,(H2,27,28,30,32). The molecule has 0 saturated carbocycles. The van der Waals surface area contributed by atoms with E-state index >= 15 is 0 Å². The molecule has 8 nitrogen and oxygen atoms in total. The molecule has 4 rings (SSSR count). The normalized spacial score (nSPS) is 11.0. The Hall–Kier alpha value is -3.75. The van der Waals surface area contributed by atoms with E-state index in [-0.39, 0.29) is 11.1 Å². The molecule has 0 bridgehead atoms. The fourth-order valence-corrected chi connectivity index (χ4v) is 3.88. The van der Waals surface area contributed by atoms with Crippen LogP contribution in [0.15, 0.2) is 75.6 Å². The summed E-state index contributed by atoms with van der Waals surface area (Å²) in [5.41, 5.74) is 1.69. The van der Waals surface area contributed by atoms with Crippen molar-refractivity contribution in [3.63, 3.8) is 0 Å². The van der Waals surface area contributed by atoms with E-state index in [0.717, 1.165) is 18.4 Å². The van der Waals surface area contributed by atoms with Crippen molar-refractivity contribution >= 4 is 11.6 Å². The molecule has 0 unspecified atom stereocenters. The summed E-state index contributed by atoms with van der Waals surface area (Å²) in [6, 6.07) is 10.6. The zero-order valence-corrected chi connectivity index (χ0v) is 18.6. The third kappa shape index (κ3) is 5.02. The number of hydrogen-bond acceptors (Lipinski definition) is 5. The number of H-pyrrole nitrogens is 2. The quantitative estimate of drug-likeness (QED) is 0.408. The average Bonchev–Trinajstić information content (AvgIpc) is 2.80. The highest BCUT2D eigenvalue weighted by atomic mass is 35.5. The predicted octanol–water partition coefficient (Wildman–Crippen LogP) is 3.18. The molecule has 0 radical (unpaired) electrons. The first-order chi connectivity index (χ1) is 16.0. The van der Waals surface area contributed by atoms with E-state index in [2.05, 4.69) is 15.0 Å². The maximum atomic E-state index is 13.5. The van der Waals surface area contributed by atoms with Crippen molar-refractivity contribution in [2.75, 3.05) is 13.7 Å². The molecule has 0 aliphatic rings. The highest BCUT2D eigenvalue weighted by Crippen LogP contribution is 2.27. The molecular weight excluding hydrogens is 444 g/mol.